The van der Waals surface area contributed by atoms with E-state index in [1.165, 1.54) is 6.21 Å². The molecule has 3 aromatic rings. The number of esters is 1. The highest BCUT2D eigenvalue weighted by molar-refractivity contribution is 6.30. The maximum Gasteiger partial charge on any atom is 0.343 e. The zero-order chi connectivity index (χ0) is 23.5. The number of amides is 1. The van der Waals surface area contributed by atoms with Crippen LogP contribution in [0.15, 0.2) is 77.9 Å². The van der Waals surface area contributed by atoms with Gasteiger partial charge in [-0.15, -0.1) is 0 Å². The number of nitrogens with one attached hydrogen (secondary N) is 1. The fourth-order valence-electron chi connectivity index (χ4n) is 2.61. The first-order valence-electron chi connectivity index (χ1n) is 10.3. The molecule has 0 fully saturated rings. The molecule has 33 heavy (non-hydrogen) atoms. The van der Waals surface area contributed by atoms with E-state index in [4.69, 9.17) is 25.8 Å². The zero-order valence-corrected chi connectivity index (χ0v) is 18.7. The summed E-state index contributed by atoms with van der Waals surface area (Å²) in [6.07, 6.45) is 2.38. The molecule has 0 aliphatic carbocycles. The Kier molecular flexibility index (Phi) is 8.85. The Balaban J connectivity index is 1.45. The van der Waals surface area contributed by atoms with Crippen LogP contribution in [0.2, 0.25) is 5.02 Å². The van der Waals surface area contributed by atoms with Gasteiger partial charge in [0.1, 0.15) is 17.2 Å². The molecule has 0 saturated heterocycles. The summed E-state index contributed by atoms with van der Waals surface area (Å²) in [6.45, 7) is 2.45. The summed E-state index contributed by atoms with van der Waals surface area (Å²) in [5.41, 5.74) is 3.51. The average Bonchev–Trinajstić information content (AvgIpc) is 2.83. The molecule has 0 heterocycles. The summed E-state index contributed by atoms with van der Waals surface area (Å²) in [7, 11) is 0. The van der Waals surface area contributed by atoms with Crippen molar-refractivity contribution in [3.05, 3.63) is 88.9 Å². The highest BCUT2D eigenvalue weighted by Crippen LogP contribution is 2.18. The van der Waals surface area contributed by atoms with E-state index < -0.39 is 11.9 Å². The number of halogens is 1. The quantitative estimate of drug-likeness (QED) is 0.199. The van der Waals surface area contributed by atoms with Crippen LogP contribution in [0.25, 0.3) is 0 Å². The lowest BCUT2D eigenvalue weighted by Crippen LogP contribution is -2.24. The first-order valence-corrected chi connectivity index (χ1v) is 10.7. The Hall–Kier alpha value is -3.84. The van der Waals surface area contributed by atoms with Gasteiger partial charge >= 0.3 is 5.97 Å². The third-order valence-corrected chi connectivity index (χ3v) is 4.46. The number of hydrazone groups is 1. The van der Waals surface area contributed by atoms with Crippen LogP contribution in [0.1, 0.15) is 29.3 Å². The second-order valence-corrected chi connectivity index (χ2v) is 7.31. The predicted molar refractivity (Wildman–Crippen MR) is 126 cm³/mol. The van der Waals surface area contributed by atoms with Crippen LogP contribution in [0.5, 0.6) is 17.2 Å². The molecule has 7 nitrogen and oxygen atoms in total. The van der Waals surface area contributed by atoms with E-state index >= 15 is 0 Å². The van der Waals surface area contributed by atoms with E-state index in [0.717, 1.165) is 6.42 Å². The van der Waals surface area contributed by atoms with Crippen molar-refractivity contribution < 1.29 is 23.8 Å². The number of rotatable bonds is 10. The number of hydrogen-bond donors (Lipinski definition) is 1. The lowest BCUT2D eigenvalue weighted by Gasteiger charge is -2.07. The van der Waals surface area contributed by atoms with E-state index in [9.17, 15) is 9.59 Å². The fourth-order valence-corrected chi connectivity index (χ4v) is 2.79. The SMILES string of the molecule is CCCOc1ccc(C(=O)Oc2ccc(/C=N/NC(=O)COc3cccc(Cl)c3)cc2)cc1. The molecule has 0 aliphatic rings. The fraction of sp³-hybridized carbons (Fsp3) is 0.160. The van der Waals surface area contributed by atoms with Gasteiger partial charge in [-0.3, -0.25) is 4.79 Å². The largest absolute Gasteiger partial charge is 0.494 e. The third kappa shape index (κ3) is 7.97. The van der Waals surface area contributed by atoms with Crippen LogP contribution < -0.4 is 19.6 Å². The Bertz CT molecular complexity index is 1100. The minimum atomic E-state index is -0.467. The highest BCUT2D eigenvalue weighted by atomic mass is 35.5. The van der Waals surface area contributed by atoms with Gasteiger partial charge in [-0.1, -0.05) is 24.6 Å². The molecule has 8 heteroatoms. The van der Waals surface area contributed by atoms with Crippen molar-refractivity contribution in [2.24, 2.45) is 5.10 Å². The number of ether oxygens (including phenoxy) is 3. The molecular formula is C25H23ClN2O5. The lowest BCUT2D eigenvalue weighted by atomic mass is 10.2. The molecule has 0 bridgehead atoms. The molecular weight excluding hydrogens is 444 g/mol. The maximum atomic E-state index is 12.3. The van der Waals surface area contributed by atoms with Crippen LogP contribution in [0.3, 0.4) is 0 Å². The molecule has 170 valence electrons. The molecule has 3 rings (SSSR count). The number of carbonyl (C=O) groups is 2. The van der Waals surface area contributed by atoms with Crippen molar-refractivity contribution in [2.75, 3.05) is 13.2 Å². The zero-order valence-electron chi connectivity index (χ0n) is 18.0. The normalized spacial score (nSPS) is 10.6. The number of hydrogen-bond acceptors (Lipinski definition) is 6. The van der Waals surface area contributed by atoms with Gasteiger partial charge in [0.25, 0.3) is 5.91 Å². The van der Waals surface area contributed by atoms with Gasteiger partial charge in [0.2, 0.25) is 0 Å². The minimum absolute atomic E-state index is 0.196. The monoisotopic (exact) mass is 466 g/mol. The summed E-state index contributed by atoms with van der Waals surface area (Å²) in [4.78, 5) is 24.1. The molecule has 0 saturated carbocycles. The summed E-state index contributed by atoms with van der Waals surface area (Å²) < 4.78 is 16.2. The van der Waals surface area contributed by atoms with Crippen LogP contribution in [-0.4, -0.2) is 31.3 Å². The number of carbonyl (C=O) groups excluding carboxylic acids is 2. The molecule has 3 aromatic carbocycles. The standard InChI is InChI=1S/C25H23ClN2O5/c1-2-14-31-21-12-8-19(9-13-21)25(30)33-22-10-6-18(7-11-22)16-27-28-24(29)17-32-23-5-3-4-20(26)15-23/h3-13,15-16H,2,14,17H2,1H3,(H,28,29)/b27-16+. The topological polar surface area (TPSA) is 86.2 Å². The Morgan fingerprint density at radius 3 is 2.36 bits per heavy atom. The van der Waals surface area contributed by atoms with E-state index in [1.54, 1.807) is 72.8 Å². The van der Waals surface area contributed by atoms with Gasteiger partial charge in [-0.05, 0) is 78.7 Å². The van der Waals surface area contributed by atoms with Gasteiger partial charge in [-0.25, -0.2) is 10.2 Å². The summed E-state index contributed by atoms with van der Waals surface area (Å²) in [6, 6.07) is 20.3. The smallest absolute Gasteiger partial charge is 0.343 e. The van der Waals surface area contributed by atoms with Gasteiger partial charge in [0.05, 0.1) is 18.4 Å². The maximum absolute atomic E-state index is 12.3. The highest BCUT2D eigenvalue weighted by Gasteiger charge is 2.09. The summed E-state index contributed by atoms with van der Waals surface area (Å²) in [5, 5.41) is 4.41. The second kappa shape index (κ2) is 12.3. The van der Waals surface area contributed by atoms with Gasteiger partial charge in [0.15, 0.2) is 6.61 Å². The molecule has 1 N–H and O–H groups in total. The van der Waals surface area contributed by atoms with Gasteiger partial charge in [-0.2, -0.15) is 5.10 Å². The van der Waals surface area contributed by atoms with Crippen molar-refractivity contribution >= 4 is 29.7 Å². The molecule has 0 aromatic heterocycles. The third-order valence-electron chi connectivity index (χ3n) is 4.22. The van der Waals surface area contributed by atoms with Crippen LogP contribution in [0, 0.1) is 0 Å². The van der Waals surface area contributed by atoms with E-state index in [-0.39, 0.29) is 6.61 Å². The summed E-state index contributed by atoms with van der Waals surface area (Å²) >= 11 is 5.87. The molecule has 0 aliphatic heterocycles. The minimum Gasteiger partial charge on any atom is -0.494 e. The van der Waals surface area contributed by atoms with Crippen molar-refractivity contribution in [3.8, 4) is 17.2 Å². The summed E-state index contributed by atoms with van der Waals surface area (Å²) in [5.74, 6) is 0.712. The van der Waals surface area contributed by atoms with Crippen molar-refractivity contribution in [3.63, 3.8) is 0 Å². The first kappa shape index (κ1) is 23.8. The van der Waals surface area contributed by atoms with Gasteiger partial charge < -0.3 is 14.2 Å². The van der Waals surface area contributed by atoms with Gasteiger partial charge in [0, 0.05) is 5.02 Å². The van der Waals surface area contributed by atoms with Crippen molar-refractivity contribution in [1.82, 2.24) is 5.43 Å². The molecule has 1 amide bonds. The first-order chi connectivity index (χ1) is 16.0. The Morgan fingerprint density at radius 1 is 0.939 bits per heavy atom. The molecule has 0 spiro atoms. The second-order valence-electron chi connectivity index (χ2n) is 6.87. The lowest BCUT2D eigenvalue weighted by molar-refractivity contribution is -0.123. The molecule has 0 radical (unpaired) electrons. The predicted octanol–water partition coefficient (Wildman–Crippen LogP) is 4.88. The Morgan fingerprint density at radius 2 is 1.67 bits per heavy atom. The molecule has 0 unspecified atom stereocenters. The average molecular weight is 467 g/mol. The number of benzene rings is 3. The van der Waals surface area contributed by atoms with E-state index in [2.05, 4.69) is 10.5 Å². The van der Waals surface area contributed by atoms with Crippen LogP contribution >= 0.6 is 11.6 Å². The van der Waals surface area contributed by atoms with E-state index in [1.807, 2.05) is 6.92 Å². The van der Waals surface area contributed by atoms with Crippen molar-refractivity contribution in [2.45, 2.75) is 13.3 Å². The Labute approximate surface area is 196 Å². The molecule has 0 atom stereocenters. The van der Waals surface area contributed by atoms with Crippen molar-refractivity contribution in [1.29, 1.82) is 0 Å². The van der Waals surface area contributed by atoms with E-state index in [0.29, 0.717) is 40.0 Å². The number of nitrogens with zero attached hydrogens (tertiary/aromatic N) is 1. The van der Waals surface area contributed by atoms with Crippen LogP contribution in [-0.2, 0) is 4.79 Å². The van der Waals surface area contributed by atoms with Crippen LogP contribution in [0.4, 0.5) is 0 Å².